The molecule has 1 atom stereocenters. The smallest absolute Gasteiger partial charge is 0.263 e. The normalized spacial score (nSPS) is 15.3. The molecule has 0 radical (unpaired) electrons. The van der Waals surface area contributed by atoms with Crippen LogP contribution < -0.4 is 14.8 Å². The Morgan fingerprint density at radius 3 is 2.27 bits per heavy atom. The van der Waals surface area contributed by atoms with E-state index in [1.165, 1.54) is 12.1 Å². The lowest BCUT2D eigenvalue weighted by atomic mass is 10.0. The maximum Gasteiger partial charge on any atom is 0.263 e. The van der Waals surface area contributed by atoms with E-state index in [0.717, 1.165) is 11.3 Å². The third-order valence-electron chi connectivity index (χ3n) is 5.19. The van der Waals surface area contributed by atoms with Crippen LogP contribution in [0, 0.1) is 0 Å². The van der Waals surface area contributed by atoms with Gasteiger partial charge in [0.15, 0.2) is 6.10 Å². The Morgan fingerprint density at radius 1 is 1.07 bits per heavy atom. The van der Waals surface area contributed by atoms with E-state index < -0.39 is 6.10 Å². The molecule has 7 heteroatoms. The zero-order valence-corrected chi connectivity index (χ0v) is 17.3. The number of nitrogens with zero attached hydrogens (tertiary/aromatic N) is 1. The van der Waals surface area contributed by atoms with E-state index >= 15 is 0 Å². The van der Waals surface area contributed by atoms with E-state index in [2.05, 4.69) is 5.32 Å². The van der Waals surface area contributed by atoms with Gasteiger partial charge in [0.05, 0.1) is 13.5 Å². The zero-order chi connectivity index (χ0) is 21.5. The summed E-state index contributed by atoms with van der Waals surface area (Å²) in [6.45, 7) is 2.88. The van der Waals surface area contributed by atoms with Gasteiger partial charge in [0.2, 0.25) is 5.91 Å². The number of carbonyl (C=O) groups is 2. The van der Waals surface area contributed by atoms with Crippen LogP contribution in [0.15, 0.2) is 48.5 Å². The van der Waals surface area contributed by atoms with Gasteiger partial charge in [0.1, 0.15) is 17.2 Å². The number of piperidine rings is 1. The van der Waals surface area contributed by atoms with E-state index in [1.807, 2.05) is 24.3 Å². The lowest BCUT2D eigenvalue weighted by molar-refractivity contribution is -0.139. The molecule has 1 fully saturated rings. The second-order valence-corrected chi connectivity index (χ2v) is 7.45. The average Bonchev–Trinajstić information content (AvgIpc) is 2.76. The Balaban J connectivity index is 1.42. The van der Waals surface area contributed by atoms with Crippen LogP contribution in [0.1, 0.15) is 25.3 Å². The molecule has 1 aliphatic heterocycles. The predicted octanol–water partition coefficient (Wildman–Crippen LogP) is 2.52. The molecule has 0 aliphatic carbocycles. The number of aromatic hydroxyl groups is 1. The van der Waals surface area contributed by atoms with Crippen LogP contribution >= 0.6 is 0 Å². The SMILES string of the molecule is COc1ccc(CC(=O)NC2CCN(C(=O)C(C)Oc3ccc(O)cc3)CC2)cc1. The lowest BCUT2D eigenvalue weighted by Gasteiger charge is -2.33. The van der Waals surface area contributed by atoms with Crippen molar-refractivity contribution in [1.29, 1.82) is 0 Å². The van der Waals surface area contributed by atoms with Crippen molar-refractivity contribution in [3.63, 3.8) is 0 Å². The minimum Gasteiger partial charge on any atom is -0.508 e. The first-order valence-electron chi connectivity index (χ1n) is 10.1. The molecule has 3 rings (SSSR count). The number of hydrogen-bond acceptors (Lipinski definition) is 5. The molecule has 7 nitrogen and oxygen atoms in total. The van der Waals surface area contributed by atoms with Gasteiger partial charge in [-0.1, -0.05) is 12.1 Å². The van der Waals surface area contributed by atoms with Crippen molar-refractivity contribution in [2.24, 2.45) is 0 Å². The van der Waals surface area contributed by atoms with Crippen LogP contribution in [0.25, 0.3) is 0 Å². The molecule has 0 saturated carbocycles. The second kappa shape index (κ2) is 10.0. The van der Waals surface area contributed by atoms with Crippen molar-refractivity contribution in [2.75, 3.05) is 20.2 Å². The van der Waals surface area contributed by atoms with Gasteiger partial charge in [-0.15, -0.1) is 0 Å². The van der Waals surface area contributed by atoms with Crippen molar-refractivity contribution in [2.45, 2.75) is 38.3 Å². The molecule has 2 aromatic carbocycles. The summed E-state index contributed by atoms with van der Waals surface area (Å²) in [4.78, 5) is 26.7. The fourth-order valence-corrected chi connectivity index (χ4v) is 3.49. The number of nitrogens with one attached hydrogen (secondary N) is 1. The van der Waals surface area contributed by atoms with E-state index in [0.29, 0.717) is 38.1 Å². The number of phenols is 1. The summed E-state index contributed by atoms with van der Waals surface area (Å²) >= 11 is 0. The van der Waals surface area contributed by atoms with Gasteiger partial charge in [-0.2, -0.15) is 0 Å². The van der Waals surface area contributed by atoms with Crippen LogP contribution in [-0.4, -0.2) is 54.2 Å². The number of hydrogen-bond donors (Lipinski definition) is 2. The number of carbonyl (C=O) groups excluding carboxylic acids is 2. The average molecular weight is 412 g/mol. The Hall–Kier alpha value is -3.22. The number of methoxy groups -OCH3 is 1. The summed E-state index contributed by atoms with van der Waals surface area (Å²) in [5.74, 6) is 1.35. The van der Waals surface area contributed by atoms with Gasteiger partial charge in [0, 0.05) is 19.1 Å². The second-order valence-electron chi connectivity index (χ2n) is 7.45. The van der Waals surface area contributed by atoms with Crippen LogP contribution in [-0.2, 0) is 16.0 Å². The molecule has 0 spiro atoms. The molecule has 2 aromatic rings. The topological polar surface area (TPSA) is 88.1 Å². The molecular formula is C23H28N2O5. The van der Waals surface area contributed by atoms with E-state index in [4.69, 9.17) is 9.47 Å². The predicted molar refractivity (Wildman–Crippen MR) is 113 cm³/mol. The first kappa shape index (κ1) is 21.5. The van der Waals surface area contributed by atoms with Crippen molar-refractivity contribution in [3.8, 4) is 17.2 Å². The largest absolute Gasteiger partial charge is 0.508 e. The molecule has 0 bridgehead atoms. The van der Waals surface area contributed by atoms with Crippen LogP contribution in [0.3, 0.4) is 0 Å². The van der Waals surface area contributed by atoms with Gasteiger partial charge in [-0.05, 0) is 61.7 Å². The fraction of sp³-hybridized carbons (Fsp3) is 0.391. The van der Waals surface area contributed by atoms with Crippen molar-refractivity contribution < 1.29 is 24.2 Å². The van der Waals surface area contributed by atoms with Gasteiger partial charge in [0.25, 0.3) is 5.91 Å². The first-order chi connectivity index (χ1) is 14.4. The molecule has 0 aromatic heterocycles. The van der Waals surface area contributed by atoms with Crippen molar-refractivity contribution >= 4 is 11.8 Å². The van der Waals surface area contributed by atoms with Crippen LogP contribution in [0.2, 0.25) is 0 Å². The van der Waals surface area contributed by atoms with E-state index in [9.17, 15) is 14.7 Å². The molecule has 1 saturated heterocycles. The van der Waals surface area contributed by atoms with Crippen molar-refractivity contribution in [1.82, 2.24) is 10.2 Å². The molecule has 1 heterocycles. The Kier molecular flexibility index (Phi) is 7.17. The fourth-order valence-electron chi connectivity index (χ4n) is 3.49. The van der Waals surface area contributed by atoms with E-state index in [-0.39, 0.29) is 23.6 Å². The van der Waals surface area contributed by atoms with Crippen molar-refractivity contribution in [3.05, 3.63) is 54.1 Å². The first-order valence-corrected chi connectivity index (χ1v) is 10.1. The van der Waals surface area contributed by atoms with Gasteiger partial charge in [-0.25, -0.2) is 0 Å². The summed E-state index contributed by atoms with van der Waals surface area (Å²) in [7, 11) is 1.61. The Labute approximate surface area is 176 Å². The maximum atomic E-state index is 12.6. The maximum absolute atomic E-state index is 12.6. The van der Waals surface area contributed by atoms with Gasteiger partial charge < -0.3 is 24.8 Å². The lowest BCUT2D eigenvalue weighted by Crippen LogP contribution is -2.49. The summed E-state index contributed by atoms with van der Waals surface area (Å²) in [6, 6.07) is 13.8. The monoisotopic (exact) mass is 412 g/mol. The third kappa shape index (κ3) is 5.89. The van der Waals surface area contributed by atoms with Crippen LogP contribution in [0.4, 0.5) is 0 Å². The standard InChI is InChI=1S/C23H28N2O5/c1-16(30-21-9-5-19(26)6-10-21)23(28)25-13-11-18(12-14-25)24-22(27)15-17-3-7-20(29-2)8-4-17/h3-10,16,18,26H,11-15H2,1-2H3,(H,24,27). The highest BCUT2D eigenvalue weighted by Gasteiger charge is 2.27. The number of rotatable bonds is 7. The highest BCUT2D eigenvalue weighted by molar-refractivity contribution is 5.81. The Bertz CT molecular complexity index is 843. The highest BCUT2D eigenvalue weighted by atomic mass is 16.5. The minimum absolute atomic E-state index is 0.0195. The molecule has 160 valence electrons. The zero-order valence-electron chi connectivity index (χ0n) is 17.3. The number of amides is 2. The number of ether oxygens (including phenoxy) is 2. The molecule has 1 aliphatic rings. The molecule has 30 heavy (non-hydrogen) atoms. The molecule has 1 unspecified atom stereocenters. The molecular weight excluding hydrogens is 384 g/mol. The number of phenolic OH excluding ortho intramolecular Hbond substituents is 1. The highest BCUT2D eigenvalue weighted by Crippen LogP contribution is 2.19. The van der Waals surface area contributed by atoms with Gasteiger partial charge >= 0.3 is 0 Å². The summed E-state index contributed by atoms with van der Waals surface area (Å²) in [6.07, 6.45) is 1.13. The summed E-state index contributed by atoms with van der Waals surface area (Å²) in [5.41, 5.74) is 0.932. The number of likely N-dealkylation sites (tertiary alicyclic amines) is 1. The van der Waals surface area contributed by atoms with Crippen LogP contribution in [0.5, 0.6) is 17.2 Å². The molecule has 2 N–H and O–H groups in total. The Morgan fingerprint density at radius 2 is 1.67 bits per heavy atom. The third-order valence-corrected chi connectivity index (χ3v) is 5.19. The summed E-state index contributed by atoms with van der Waals surface area (Å²) in [5, 5.41) is 12.4. The van der Waals surface area contributed by atoms with Gasteiger partial charge in [-0.3, -0.25) is 9.59 Å². The molecule has 2 amide bonds. The van der Waals surface area contributed by atoms with E-state index in [1.54, 1.807) is 31.1 Å². The summed E-state index contributed by atoms with van der Waals surface area (Å²) < 4.78 is 10.8. The quantitative estimate of drug-likeness (QED) is 0.730. The minimum atomic E-state index is -0.615. The number of benzene rings is 2.